The van der Waals surface area contributed by atoms with E-state index in [1.807, 2.05) is 56.8 Å². The van der Waals surface area contributed by atoms with E-state index >= 15 is 0 Å². The molecule has 0 aliphatic heterocycles. The van der Waals surface area contributed by atoms with Gasteiger partial charge in [0.2, 0.25) is 5.95 Å². The van der Waals surface area contributed by atoms with Crippen LogP contribution in [0.3, 0.4) is 0 Å². The number of carbonyl (C=O) groups is 1. The van der Waals surface area contributed by atoms with Crippen LogP contribution in [0.15, 0.2) is 55.2 Å². The number of carbonyl (C=O) groups excluding carboxylic acids is 1. The van der Waals surface area contributed by atoms with E-state index in [0.717, 1.165) is 28.1 Å². The molecule has 0 spiro atoms. The highest BCUT2D eigenvalue weighted by Gasteiger charge is 2.24. The van der Waals surface area contributed by atoms with Crippen molar-refractivity contribution in [2.45, 2.75) is 58.7 Å². The maximum absolute atomic E-state index is 12.6. The smallest absolute Gasteiger partial charge is 0.254 e. The zero-order chi connectivity index (χ0) is 24.6. The Balaban J connectivity index is 1.24. The van der Waals surface area contributed by atoms with Crippen LogP contribution in [0.4, 0.5) is 11.6 Å². The lowest BCUT2D eigenvalue weighted by atomic mass is 10.0. The summed E-state index contributed by atoms with van der Waals surface area (Å²) < 4.78 is 3.79. The van der Waals surface area contributed by atoms with Crippen molar-refractivity contribution in [3.63, 3.8) is 0 Å². The summed E-state index contributed by atoms with van der Waals surface area (Å²) in [5.74, 6) is 0.392. The van der Waals surface area contributed by atoms with Crippen LogP contribution in [0, 0.1) is 6.92 Å². The fourth-order valence-corrected chi connectivity index (χ4v) is 3.79. The molecule has 4 aromatic rings. The monoisotopic (exact) mass is 470 g/mol. The van der Waals surface area contributed by atoms with Gasteiger partial charge < -0.3 is 10.6 Å². The van der Waals surface area contributed by atoms with Gasteiger partial charge in [-0.3, -0.25) is 14.2 Å². The molecule has 2 N–H and O–H groups in total. The molecule has 5 rings (SSSR count). The molecule has 0 bridgehead atoms. The molecule has 9 heteroatoms. The molecule has 1 saturated carbocycles. The number of benzene rings is 1. The van der Waals surface area contributed by atoms with Crippen LogP contribution in [0.25, 0.3) is 11.3 Å². The summed E-state index contributed by atoms with van der Waals surface area (Å²) in [6.07, 6.45) is 11.3. The van der Waals surface area contributed by atoms with Crippen LogP contribution in [-0.4, -0.2) is 35.4 Å². The third kappa shape index (κ3) is 5.24. The summed E-state index contributed by atoms with van der Waals surface area (Å²) >= 11 is 0. The number of hydrogen-bond donors (Lipinski definition) is 2. The summed E-state index contributed by atoms with van der Waals surface area (Å²) in [4.78, 5) is 21.6. The van der Waals surface area contributed by atoms with Crippen LogP contribution in [0.2, 0.25) is 0 Å². The number of anilines is 2. The van der Waals surface area contributed by atoms with Gasteiger partial charge in [0.15, 0.2) is 0 Å². The van der Waals surface area contributed by atoms with E-state index < -0.39 is 0 Å². The van der Waals surface area contributed by atoms with Crippen molar-refractivity contribution in [2.24, 2.45) is 0 Å². The molecule has 1 amide bonds. The van der Waals surface area contributed by atoms with Gasteiger partial charge in [-0.05, 0) is 63.8 Å². The third-order valence-electron chi connectivity index (χ3n) is 6.04. The first-order valence-electron chi connectivity index (χ1n) is 11.8. The number of aryl methyl sites for hydroxylation is 1. The molecular formula is C26H30N8O. The van der Waals surface area contributed by atoms with Crippen LogP contribution in [0.1, 0.15) is 61.1 Å². The second kappa shape index (κ2) is 8.98. The Morgan fingerprint density at radius 3 is 2.66 bits per heavy atom. The number of aromatic nitrogens is 6. The summed E-state index contributed by atoms with van der Waals surface area (Å²) in [5, 5.41) is 14.9. The molecule has 9 nitrogen and oxygen atoms in total. The minimum atomic E-state index is -0.167. The molecule has 35 heavy (non-hydrogen) atoms. The highest BCUT2D eigenvalue weighted by molar-refractivity contribution is 5.93. The summed E-state index contributed by atoms with van der Waals surface area (Å²) in [5.41, 5.74) is 5.20. The maximum Gasteiger partial charge on any atom is 0.254 e. The van der Waals surface area contributed by atoms with Crippen LogP contribution < -0.4 is 10.6 Å². The standard InChI is InChI=1S/C26H30N8O/c1-17-11-18(5-6-19(17)12-28-24(35)20-13-30-34(15-20)26(2,3)4)23-9-10-27-25(32-23)31-21-14-29-33(16-21)22-7-8-22/h5-6,9-11,13-16,22H,7-8,12H2,1-4H3,(H,28,35)(H,27,31,32). The van der Waals surface area contributed by atoms with Gasteiger partial charge in [0.25, 0.3) is 5.91 Å². The van der Waals surface area contributed by atoms with Gasteiger partial charge in [-0.15, -0.1) is 0 Å². The lowest BCUT2D eigenvalue weighted by Gasteiger charge is -2.18. The fourth-order valence-electron chi connectivity index (χ4n) is 3.79. The Morgan fingerprint density at radius 2 is 1.94 bits per heavy atom. The largest absolute Gasteiger partial charge is 0.348 e. The molecule has 0 radical (unpaired) electrons. The van der Waals surface area contributed by atoms with Crippen molar-refractivity contribution < 1.29 is 4.79 Å². The highest BCUT2D eigenvalue weighted by atomic mass is 16.1. The summed E-state index contributed by atoms with van der Waals surface area (Å²) in [6, 6.07) is 8.55. The van der Waals surface area contributed by atoms with E-state index in [-0.39, 0.29) is 11.4 Å². The Kier molecular flexibility index (Phi) is 5.84. The number of nitrogens with one attached hydrogen (secondary N) is 2. The number of hydrogen-bond acceptors (Lipinski definition) is 6. The Bertz CT molecular complexity index is 1360. The average molecular weight is 471 g/mol. The van der Waals surface area contributed by atoms with Gasteiger partial charge in [-0.2, -0.15) is 10.2 Å². The van der Waals surface area contributed by atoms with Crippen molar-refractivity contribution in [3.8, 4) is 11.3 Å². The molecule has 1 aliphatic carbocycles. The topological polar surface area (TPSA) is 103 Å². The lowest BCUT2D eigenvalue weighted by Crippen LogP contribution is -2.24. The molecule has 0 atom stereocenters. The van der Waals surface area contributed by atoms with Crippen molar-refractivity contribution in [1.29, 1.82) is 0 Å². The fraction of sp³-hybridized carbons (Fsp3) is 0.346. The molecule has 0 saturated heterocycles. The normalized spacial score (nSPS) is 13.6. The predicted molar refractivity (Wildman–Crippen MR) is 134 cm³/mol. The number of amides is 1. The van der Waals surface area contributed by atoms with Gasteiger partial charge in [0.1, 0.15) is 0 Å². The number of nitrogens with zero attached hydrogens (tertiary/aromatic N) is 6. The minimum Gasteiger partial charge on any atom is -0.348 e. The highest BCUT2D eigenvalue weighted by Crippen LogP contribution is 2.34. The van der Waals surface area contributed by atoms with E-state index in [9.17, 15) is 4.79 Å². The lowest BCUT2D eigenvalue weighted by molar-refractivity contribution is 0.0950. The SMILES string of the molecule is Cc1cc(-c2ccnc(Nc3cnn(C4CC4)c3)n2)ccc1CNC(=O)c1cnn(C(C)(C)C)c1. The second-order valence-corrected chi connectivity index (χ2v) is 10.00. The zero-order valence-corrected chi connectivity index (χ0v) is 20.5. The van der Waals surface area contributed by atoms with Gasteiger partial charge in [-0.1, -0.05) is 12.1 Å². The van der Waals surface area contributed by atoms with E-state index in [0.29, 0.717) is 24.1 Å². The first-order chi connectivity index (χ1) is 16.8. The van der Waals surface area contributed by atoms with Gasteiger partial charge >= 0.3 is 0 Å². The predicted octanol–water partition coefficient (Wildman–Crippen LogP) is 4.61. The van der Waals surface area contributed by atoms with E-state index in [1.165, 1.54) is 12.8 Å². The molecule has 1 fully saturated rings. The van der Waals surface area contributed by atoms with Crippen LogP contribution in [0.5, 0.6) is 0 Å². The van der Waals surface area contributed by atoms with E-state index in [4.69, 9.17) is 0 Å². The molecule has 1 aromatic carbocycles. The zero-order valence-electron chi connectivity index (χ0n) is 20.5. The Hall–Kier alpha value is -4.01. The van der Waals surface area contributed by atoms with Crippen molar-refractivity contribution >= 4 is 17.5 Å². The number of rotatable bonds is 7. The molecule has 0 unspecified atom stereocenters. The Labute approximate surface area is 204 Å². The first kappa shape index (κ1) is 22.8. The maximum atomic E-state index is 12.6. The molecule has 180 valence electrons. The average Bonchev–Trinajstić information content (AvgIpc) is 3.35. The third-order valence-corrected chi connectivity index (χ3v) is 6.04. The molecule has 1 aliphatic rings. The van der Waals surface area contributed by atoms with Crippen LogP contribution in [-0.2, 0) is 12.1 Å². The van der Waals surface area contributed by atoms with Gasteiger partial charge in [-0.25, -0.2) is 9.97 Å². The van der Waals surface area contributed by atoms with Crippen molar-refractivity contribution in [2.75, 3.05) is 5.32 Å². The van der Waals surface area contributed by atoms with Gasteiger partial charge in [0.05, 0.1) is 40.9 Å². The molecular weight excluding hydrogens is 440 g/mol. The molecule has 3 heterocycles. The van der Waals surface area contributed by atoms with Crippen molar-refractivity contribution in [1.82, 2.24) is 34.8 Å². The van der Waals surface area contributed by atoms with Gasteiger partial charge in [0, 0.05) is 30.7 Å². The molecule has 3 aromatic heterocycles. The first-order valence-corrected chi connectivity index (χ1v) is 11.8. The van der Waals surface area contributed by atoms with E-state index in [1.54, 1.807) is 29.5 Å². The Morgan fingerprint density at radius 1 is 1.11 bits per heavy atom. The quantitative estimate of drug-likeness (QED) is 0.409. The summed E-state index contributed by atoms with van der Waals surface area (Å²) in [6.45, 7) is 8.62. The minimum absolute atomic E-state index is 0.138. The van der Waals surface area contributed by atoms with Crippen LogP contribution >= 0.6 is 0 Å². The second-order valence-electron chi connectivity index (χ2n) is 10.00. The van der Waals surface area contributed by atoms with E-state index in [2.05, 4.69) is 36.9 Å². The summed E-state index contributed by atoms with van der Waals surface area (Å²) in [7, 11) is 0. The van der Waals surface area contributed by atoms with Crippen molar-refractivity contribution in [3.05, 3.63) is 71.9 Å².